The first-order valence-electron chi connectivity index (χ1n) is 6.43. The molecule has 0 aromatic carbocycles. The van der Waals surface area contributed by atoms with Gasteiger partial charge in [-0.3, -0.25) is 0 Å². The highest BCUT2D eigenvalue weighted by Gasteiger charge is 2.28. The van der Waals surface area contributed by atoms with E-state index in [9.17, 15) is 0 Å². The molecular weight excluding hydrogens is 210 g/mol. The van der Waals surface area contributed by atoms with Gasteiger partial charge in [0.25, 0.3) is 0 Å². The third-order valence-corrected chi connectivity index (χ3v) is 5.21. The average Bonchev–Trinajstić information content (AvgIpc) is 2.49. The minimum atomic E-state index is -1.19. The van der Waals surface area contributed by atoms with E-state index in [4.69, 9.17) is 0 Å². The summed E-state index contributed by atoms with van der Waals surface area (Å²) in [5.74, 6) is 0. The normalized spacial score (nSPS) is 16.8. The van der Waals surface area contributed by atoms with Gasteiger partial charge in [-0.15, -0.1) is 0 Å². The number of hydrogen-bond donors (Lipinski definition) is 0. The van der Waals surface area contributed by atoms with Crippen LogP contribution in [0.4, 0.5) is 0 Å². The Balaban J connectivity index is 3.10. The monoisotopic (exact) mass is 237 g/mol. The maximum atomic E-state index is 2.59. The zero-order valence-corrected chi connectivity index (χ0v) is 13.0. The van der Waals surface area contributed by atoms with Crippen molar-refractivity contribution in [2.45, 2.75) is 65.8 Å². The molecule has 1 nitrogen and oxygen atoms in total. The third-order valence-electron chi connectivity index (χ3n) is 3.14. The predicted molar refractivity (Wildman–Crippen MR) is 76.2 cm³/mol. The highest BCUT2D eigenvalue weighted by atomic mass is 28.3. The summed E-state index contributed by atoms with van der Waals surface area (Å²) in [6.07, 6.45) is 5.84. The standard InChI is InChI=1S/C14H27NSi/c1-11(2)15(12(3)4)13-9-8-10-14(13)16(5,6)7/h8,10-12H,9H2,1-7H3. The number of rotatable bonds is 4. The van der Waals surface area contributed by atoms with E-state index in [0.717, 1.165) is 6.42 Å². The fourth-order valence-corrected chi connectivity index (χ4v) is 4.36. The van der Waals surface area contributed by atoms with Gasteiger partial charge >= 0.3 is 0 Å². The highest BCUT2D eigenvalue weighted by molar-refractivity contribution is 6.83. The second-order valence-electron chi connectivity index (χ2n) is 6.31. The van der Waals surface area contributed by atoms with Gasteiger partial charge in [-0.05, 0) is 32.9 Å². The van der Waals surface area contributed by atoms with E-state index in [1.807, 2.05) is 0 Å². The van der Waals surface area contributed by atoms with Crippen molar-refractivity contribution in [3.8, 4) is 0 Å². The van der Waals surface area contributed by atoms with E-state index in [1.165, 1.54) is 0 Å². The first-order chi connectivity index (χ1) is 7.25. The fraction of sp³-hybridized carbons (Fsp3) is 0.714. The van der Waals surface area contributed by atoms with Gasteiger partial charge < -0.3 is 4.90 Å². The molecule has 0 amide bonds. The van der Waals surface area contributed by atoms with Crippen molar-refractivity contribution in [3.63, 3.8) is 0 Å². The van der Waals surface area contributed by atoms with Crippen molar-refractivity contribution in [3.05, 3.63) is 23.0 Å². The summed E-state index contributed by atoms with van der Waals surface area (Å²) in [5.41, 5.74) is 1.59. The van der Waals surface area contributed by atoms with E-state index < -0.39 is 8.07 Å². The van der Waals surface area contributed by atoms with Crippen LogP contribution in [0, 0.1) is 0 Å². The molecular formula is C14H27NSi. The van der Waals surface area contributed by atoms with Gasteiger partial charge in [0.2, 0.25) is 0 Å². The Labute approximate surface area is 102 Å². The Hall–Kier alpha value is -0.503. The molecule has 0 saturated carbocycles. The molecule has 2 heteroatoms. The molecule has 0 aromatic rings. The third kappa shape index (κ3) is 2.79. The highest BCUT2D eigenvalue weighted by Crippen LogP contribution is 2.32. The van der Waals surface area contributed by atoms with Crippen molar-refractivity contribution in [2.75, 3.05) is 0 Å². The molecule has 0 aliphatic heterocycles. The van der Waals surface area contributed by atoms with E-state index in [-0.39, 0.29) is 0 Å². The second-order valence-corrected chi connectivity index (χ2v) is 11.4. The Morgan fingerprint density at radius 1 is 1.06 bits per heavy atom. The topological polar surface area (TPSA) is 3.24 Å². The van der Waals surface area contributed by atoms with Crippen LogP contribution in [0.1, 0.15) is 34.1 Å². The van der Waals surface area contributed by atoms with Crippen LogP contribution < -0.4 is 0 Å². The van der Waals surface area contributed by atoms with Crippen molar-refractivity contribution in [2.24, 2.45) is 0 Å². The molecule has 0 heterocycles. The minimum Gasteiger partial charge on any atom is -0.370 e. The van der Waals surface area contributed by atoms with Crippen LogP contribution in [-0.2, 0) is 0 Å². The van der Waals surface area contributed by atoms with Crippen LogP contribution in [0.2, 0.25) is 19.6 Å². The molecule has 0 radical (unpaired) electrons. The zero-order chi connectivity index (χ0) is 12.5. The first-order valence-corrected chi connectivity index (χ1v) is 9.93. The molecule has 0 aromatic heterocycles. The molecule has 0 unspecified atom stereocenters. The molecule has 0 spiro atoms. The Bertz CT molecular complexity index is 297. The second kappa shape index (κ2) is 4.78. The summed E-state index contributed by atoms with van der Waals surface area (Å²) in [7, 11) is -1.19. The Morgan fingerprint density at radius 3 is 1.94 bits per heavy atom. The SMILES string of the molecule is CC(C)N(C1=C([Si](C)(C)C)C=CC1)C(C)C. The molecule has 0 saturated heterocycles. The molecule has 1 aliphatic carbocycles. The van der Waals surface area contributed by atoms with Gasteiger partial charge in [0.15, 0.2) is 0 Å². The lowest BCUT2D eigenvalue weighted by atomic mass is 10.2. The average molecular weight is 237 g/mol. The summed E-state index contributed by atoms with van der Waals surface area (Å²) < 4.78 is 0. The van der Waals surface area contributed by atoms with Crippen LogP contribution in [0.5, 0.6) is 0 Å². The van der Waals surface area contributed by atoms with Crippen molar-refractivity contribution >= 4 is 8.07 Å². The van der Waals surface area contributed by atoms with Crippen LogP contribution in [0.15, 0.2) is 23.0 Å². The number of hydrogen-bond acceptors (Lipinski definition) is 1. The van der Waals surface area contributed by atoms with E-state index in [1.54, 1.807) is 10.9 Å². The number of nitrogens with zero attached hydrogens (tertiary/aromatic N) is 1. The molecule has 0 atom stereocenters. The minimum absolute atomic E-state index is 0.598. The zero-order valence-electron chi connectivity index (χ0n) is 12.0. The summed E-state index contributed by atoms with van der Waals surface area (Å²) >= 11 is 0. The molecule has 92 valence electrons. The van der Waals surface area contributed by atoms with E-state index in [0.29, 0.717) is 12.1 Å². The largest absolute Gasteiger partial charge is 0.370 e. The van der Waals surface area contributed by atoms with Crippen LogP contribution in [-0.4, -0.2) is 25.1 Å². The summed E-state index contributed by atoms with van der Waals surface area (Å²) in [6.45, 7) is 16.5. The predicted octanol–water partition coefficient (Wildman–Crippen LogP) is 4.20. The Morgan fingerprint density at radius 2 is 1.56 bits per heavy atom. The molecule has 1 aliphatic rings. The van der Waals surface area contributed by atoms with E-state index in [2.05, 4.69) is 64.4 Å². The van der Waals surface area contributed by atoms with Gasteiger partial charge in [-0.25, -0.2) is 0 Å². The summed E-state index contributed by atoms with van der Waals surface area (Å²) in [6, 6.07) is 1.20. The van der Waals surface area contributed by atoms with Crippen molar-refractivity contribution in [1.82, 2.24) is 4.90 Å². The summed E-state index contributed by atoms with van der Waals surface area (Å²) in [4.78, 5) is 2.59. The molecule has 0 bridgehead atoms. The van der Waals surface area contributed by atoms with Crippen molar-refractivity contribution in [1.29, 1.82) is 0 Å². The maximum absolute atomic E-state index is 2.59. The van der Waals surface area contributed by atoms with Crippen LogP contribution >= 0.6 is 0 Å². The van der Waals surface area contributed by atoms with Gasteiger partial charge in [0, 0.05) is 24.2 Å². The van der Waals surface area contributed by atoms with Crippen LogP contribution in [0.25, 0.3) is 0 Å². The van der Waals surface area contributed by atoms with E-state index >= 15 is 0 Å². The number of allylic oxidation sites excluding steroid dienone is 3. The maximum Gasteiger partial charge on any atom is 0.0798 e. The molecule has 16 heavy (non-hydrogen) atoms. The molecule has 1 rings (SSSR count). The fourth-order valence-electron chi connectivity index (χ4n) is 2.64. The lowest BCUT2D eigenvalue weighted by Gasteiger charge is -2.37. The first kappa shape index (κ1) is 13.6. The van der Waals surface area contributed by atoms with Gasteiger partial charge in [-0.2, -0.15) is 0 Å². The lowest BCUT2D eigenvalue weighted by molar-refractivity contribution is 0.228. The van der Waals surface area contributed by atoms with Crippen LogP contribution in [0.3, 0.4) is 0 Å². The summed E-state index contributed by atoms with van der Waals surface area (Å²) in [5, 5.41) is 1.65. The Kier molecular flexibility index (Phi) is 4.05. The van der Waals surface area contributed by atoms with Gasteiger partial charge in [0.1, 0.15) is 0 Å². The molecule has 0 fully saturated rings. The lowest BCUT2D eigenvalue weighted by Crippen LogP contribution is -2.38. The molecule has 0 N–H and O–H groups in total. The van der Waals surface area contributed by atoms with Gasteiger partial charge in [0.05, 0.1) is 8.07 Å². The van der Waals surface area contributed by atoms with Crippen molar-refractivity contribution < 1.29 is 0 Å². The quantitative estimate of drug-likeness (QED) is 0.663. The van der Waals surface area contributed by atoms with Gasteiger partial charge in [-0.1, -0.05) is 31.8 Å². The smallest absolute Gasteiger partial charge is 0.0798 e.